The van der Waals surface area contributed by atoms with Crippen LogP contribution in [0.1, 0.15) is 16.7 Å². The van der Waals surface area contributed by atoms with E-state index in [1.54, 1.807) is 26.0 Å². The quantitative estimate of drug-likeness (QED) is 0.620. The normalized spacial score (nSPS) is 11.3. The van der Waals surface area contributed by atoms with Crippen LogP contribution in [0, 0.1) is 30.9 Å². The second-order valence-corrected chi connectivity index (χ2v) is 7.68. The lowest BCUT2D eigenvalue weighted by molar-refractivity contribution is -0.384. The second kappa shape index (κ2) is 6.29. The zero-order valence-electron chi connectivity index (χ0n) is 12.8. The Labute approximate surface area is 142 Å². The number of rotatable bonds is 4. The minimum Gasteiger partial charge on any atom is -0.272 e. The first-order valence-electron chi connectivity index (χ1n) is 6.67. The maximum Gasteiger partial charge on any atom is 0.294 e. The molecule has 2 aromatic carbocycles. The van der Waals surface area contributed by atoms with Crippen LogP contribution in [0.4, 0.5) is 11.4 Å². The van der Waals surface area contributed by atoms with Crippen molar-refractivity contribution in [3.05, 3.63) is 61.6 Å². The highest BCUT2D eigenvalue weighted by Gasteiger charge is 2.25. The summed E-state index contributed by atoms with van der Waals surface area (Å²) < 4.78 is 27.6. The van der Waals surface area contributed by atoms with Crippen LogP contribution in [-0.2, 0) is 10.0 Å². The number of halogens is 1. The number of nitrogens with one attached hydrogen (secondary N) is 1. The number of nitro benzene ring substituents is 1. The van der Waals surface area contributed by atoms with Crippen molar-refractivity contribution in [2.24, 2.45) is 0 Å². The van der Waals surface area contributed by atoms with Crippen LogP contribution in [0.5, 0.6) is 0 Å². The summed E-state index contributed by atoms with van der Waals surface area (Å²) in [6.45, 7) is 5.33. The Balaban J connectivity index is 2.57. The molecule has 0 saturated carbocycles. The molecule has 6 nitrogen and oxygen atoms in total. The topological polar surface area (TPSA) is 89.3 Å². The number of benzene rings is 2. The average Bonchev–Trinajstić information content (AvgIpc) is 2.47. The molecule has 2 rings (SSSR count). The van der Waals surface area contributed by atoms with Crippen LogP contribution >= 0.6 is 15.9 Å². The minimum absolute atomic E-state index is 0.0440. The number of hydrogen-bond acceptors (Lipinski definition) is 4. The van der Waals surface area contributed by atoms with E-state index in [9.17, 15) is 18.5 Å². The van der Waals surface area contributed by atoms with Crippen molar-refractivity contribution in [3.8, 4) is 0 Å². The van der Waals surface area contributed by atoms with E-state index in [4.69, 9.17) is 0 Å². The van der Waals surface area contributed by atoms with Crippen molar-refractivity contribution >= 4 is 37.3 Å². The zero-order valence-corrected chi connectivity index (χ0v) is 15.2. The lowest BCUT2D eigenvalue weighted by atomic mass is 10.1. The highest BCUT2D eigenvalue weighted by molar-refractivity contribution is 9.10. The first-order chi connectivity index (χ1) is 10.6. The molecule has 0 unspecified atom stereocenters. The first kappa shape index (κ1) is 17.4. The van der Waals surface area contributed by atoms with E-state index in [0.29, 0.717) is 10.0 Å². The average molecular weight is 399 g/mol. The number of hydrogen-bond donors (Lipinski definition) is 1. The summed E-state index contributed by atoms with van der Waals surface area (Å²) in [5, 5.41) is 11.3. The van der Waals surface area contributed by atoms with Crippen LogP contribution in [0.3, 0.4) is 0 Å². The van der Waals surface area contributed by atoms with Gasteiger partial charge in [-0.05, 0) is 60.0 Å². The Hall–Kier alpha value is -1.93. The molecule has 0 aliphatic rings. The van der Waals surface area contributed by atoms with E-state index in [-0.39, 0.29) is 16.3 Å². The van der Waals surface area contributed by atoms with Crippen LogP contribution in [0.25, 0.3) is 0 Å². The maximum atomic E-state index is 12.5. The molecular weight excluding hydrogens is 384 g/mol. The van der Waals surface area contributed by atoms with Gasteiger partial charge in [0.2, 0.25) is 0 Å². The van der Waals surface area contributed by atoms with Crippen LogP contribution in [0.15, 0.2) is 39.7 Å². The Morgan fingerprint density at radius 3 is 2.22 bits per heavy atom. The lowest BCUT2D eigenvalue weighted by Crippen LogP contribution is -2.15. The summed E-state index contributed by atoms with van der Waals surface area (Å²) in [4.78, 5) is 10.7. The number of nitrogens with zero attached hydrogens (tertiary/aromatic N) is 1. The molecule has 0 amide bonds. The Bertz CT molecular complexity index is 877. The Morgan fingerprint density at radius 2 is 1.70 bits per heavy atom. The van der Waals surface area contributed by atoms with Crippen molar-refractivity contribution < 1.29 is 13.3 Å². The van der Waals surface area contributed by atoms with Gasteiger partial charge in [-0.2, -0.15) is 0 Å². The highest BCUT2D eigenvalue weighted by atomic mass is 79.9. The molecule has 2 aromatic rings. The van der Waals surface area contributed by atoms with E-state index >= 15 is 0 Å². The van der Waals surface area contributed by atoms with Crippen molar-refractivity contribution in [2.75, 3.05) is 4.72 Å². The van der Waals surface area contributed by atoms with Gasteiger partial charge in [-0.1, -0.05) is 17.7 Å². The summed E-state index contributed by atoms with van der Waals surface area (Å²) >= 11 is 3.26. The molecule has 0 heterocycles. The van der Waals surface area contributed by atoms with Gasteiger partial charge in [-0.25, -0.2) is 8.42 Å². The minimum atomic E-state index is -3.92. The molecule has 0 aliphatic heterocycles. The second-order valence-electron chi connectivity index (χ2n) is 5.20. The molecule has 0 aromatic heterocycles. The van der Waals surface area contributed by atoms with Gasteiger partial charge in [0.05, 0.1) is 14.3 Å². The Morgan fingerprint density at radius 1 is 1.13 bits per heavy atom. The standard InChI is InChI=1S/C15H15BrN2O4S/c1-9-4-6-12(7-5-9)23(21,22)17-15-13(18(19)20)8-10(2)11(3)14(15)16/h4-8,17H,1-3H3. The Kier molecular flexibility index (Phi) is 4.76. The molecule has 0 bridgehead atoms. The van der Waals surface area contributed by atoms with Gasteiger partial charge in [-0.15, -0.1) is 0 Å². The van der Waals surface area contributed by atoms with Crippen LogP contribution < -0.4 is 4.72 Å². The molecule has 0 fully saturated rings. The molecule has 0 spiro atoms. The monoisotopic (exact) mass is 398 g/mol. The number of sulfonamides is 1. The van der Waals surface area contributed by atoms with Crippen molar-refractivity contribution in [1.29, 1.82) is 0 Å². The fourth-order valence-corrected chi connectivity index (χ4v) is 3.84. The third-order valence-corrected chi connectivity index (χ3v) is 5.87. The van der Waals surface area contributed by atoms with Gasteiger partial charge in [0.25, 0.3) is 15.7 Å². The van der Waals surface area contributed by atoms with Gasteiger partial charge in [-0.3, -0.25) is 14.8 Å². The summed E-state index contributed by atoms with van der Waals surface area (Å²) in [6, 6.07) is 7.60. The summed E-state index contributed by atoms with van der Waals surface area (Å²) in [5.41, 5.74) is 1.98. The molecule has 23 heavy (non-hydrogen) atoms. The van der Waals surface area contributed by atoms with Crippen molar-refractivity contribution in [3.63, 3.8) is 0 Å². The highest BCUT2D eigenvalue weighted by Crippen LogP contribution is 2.38. The van der Waals surface area contributed by atoms with Crippen molar-refractivity contribution in [1.82, 2.24) is 0 Å². The third-order valence-electron chi connectivity index (χ3n) is 3.51. The first-order valence-corrected chi connectivity index (χ1v) is 8.94. The lowest BCUT2D eigenvalue weighted by Gasteiger charge is -2.13. The van der Waals surface area contributed by atoms with Gasteiger partial charge in [0, 0.05) is 6.07 Å². The van der Waals surface area contributed by atoms with Gasteiger partial charge in [0.15, 0.2) is 0 Å². The number of aryl methyl sites for hydroxylation is 2. The van der Waals surface area contributed by atoms with E-state index < -0.39 is 14.9 Å². The number of anilines is 1. The molecule has 0 aliphatic carbocycles. The van der Waals surface area contributed by atoms with Gasteiger partial charge in [0.1, 0.15) is 5.69 Å². The summed E-state index contributed by atoms with van der Waals surface area (Å²) in [6.07, 6.45) is 0. The van der Waals surface area contributed by atoms with E-state index in [1.807, 2.05) is 6.92 Å². The smallest absolute Gasteiger partial charge is 0.272 e. The van der Waals surface area contributed by atoms with Crippen LogP contribution in [0.2, 0.25) is 0 Å². The fourth-order valence-electron chi connectivity index (χ4n) is 2.01. The molecule has 122 valence electrons. The predicted octanol–water partition coefficient (Wildman–Crippen LogP) is 4.08. The fraction of sp³-hybridized carbons (Fsp3) is 0.200. The van der Waals surface area contributed by atoms with Crippen LogP contribution in [-0.4, -0.2) is 13.3 Å². The number of nitro groups is 1. The molecule has 1 N–H and O–H groups in total. The maximum absolute atomic E-state index is 12.5. The SMILES string of the molecule is Cc1ccc(S(=O)(=O)Nc2c([N+](=O)[O-])cc(C)c(C)c2Br)cc1. The van der Waals surface area contributed by atoms with E-state index in [2.05, 4.69) is 20.7 Å². The molecule has 0 saturated heterocycles. The van der Waals surface area contributed by atoms with Crippen molar-refractivity contribution in [2.45, 2.75) is 25.7 Å². The molecule has 0 radical (unpaired) electrons. The largest absolute Gasteiger partial charge is 0.294 e. The third kappa shape index (κ3) is 3.53. The molecular formula is C15H15BrN2O4S. The zero-order chi connectivity index (χ0) is 17.4. The van der Waals surface area contributed by atoms with Gasteiger partial charge >= 0.3 is 0 Å². The molecule has 0 atom stereocenters. The predicted molar refractivity (Wildman–Crippen MR) is 92.3 cm³/mol. The van der Waals surface area contributed by atoms with E-state index in [1.165, 1.54) is 18.2 Å². The summed E-state index contributed by atoms with van der Waals surface area (Å²) in [5.74, 6) is 0. The van der Waals surface area contributed by atoms with Gasteiger partial charge < -0.3 is 0 Å². The molecule has 8 heteroatoms. The summed E-state index contributed by atoms with van der Waals surface area (Å²) in [7, 11) is -3.92. The van der Waals surface area contributed by atoms with E-state index in [0.717, 1.165) is 11.1 Å².